The lowest BCUT2D eigenvalue weighted by Gasteiger charge is -2.22. The summed E-state index contributed by atoms with van der Waals surface area (Å²) in [5, 5.41) is 17.0. The maximum absolute atomic E-state index is 9.69. The summed E-state index contributed by atoms with van der Waals surface area (Å²) in [5.41, 5.74) is 8.89. The molecule has 0 amide bonds. The van der Waals surface area contributed by atoms with Gasteiger partial charge in [0.05, 0.1) is 24.3 Å². The van der Waals surface area contributed by atoms with Crippen molar-refractivity contribution in [3.05, 3.63) is 63.2 Å². The fraction of sp³-hybridized carbons (Fsp3) is 0.158. The van der Waals surface area contributed by atoms with Crippen molar-refractivity contribution in [2.75, 3.05) is 7.11 Å². The normalized spacial score (nSPS) is 16.0. The molecule has 0 spiro atoms. The van der Waals surface area contributed by atoms with Crippen LogP contribution in [0.2, 0.25) is 0 Å². The lowest BCUT2D eigenvalue weighted by atomic mass is 9.87. The number of aryl methyl sites for hydroxylation is 1. The number of fused-ring (bicyclic) bond motifs is 1. The molecule has 0 fully saturated rings. The van der Waals surface area contributed by atoms with Crippen LogP contribution in [0, 0.1) is 18.3 Å². The van der Waals surface area contributed by atoms with Crippen molar-refractivity contribution in [3.63, 3.8) is 0 Å². The molecule has 130 valence electrons. The number of nitrogens with two attached hydrogens (primary N) is 1. The van der Waals surface area contributed by atoms with E-state index in [4.69, 9.17) is 15.2 Å². The van der Waals surface area contributed by atoms with Crippen molar-refractivity contribution in [1.82, 2.24) is 10.2 Å². The van der Waals surface area contributed by atoms with Crippen LogP contribution in [0.5, 0.6) is 11.6 Å². The zero-order valence-electron chi connectivity index (χ0n) is 14.2. The summed E-state index contributed by atoms with van der Waals surface area (Å²) in [6, 6.07) is 13.9. The fourth-order valence-electron chi connectivity index (χ4n) is 3.14. The van der Waals surface area contributed by atoms with Crippen molar-refractivity contribution in [1.29, 1.82) is 5.26 Å². The number of nitrogens with zero attached hydrogens (tertiary/aromatic N) is 2. The van der Waals surface area contributed by atoms with E-state index in [2.05, 4.69) is 16.3 Å². The van der Waals surface area contributed by atoms with Crippen LogP contribution in [0.4, 0.5) is 0 Å². The molecule has 4 rings (SSSR count). The lowest BCUT2D eigenvalue weighted by molar-refractivity contribution is 0.379. The molecular formula is C19H16N4O2S. The molecule has 0 saturated carbocycles. The zero-order chi connectivity index (χ0) is 18.3. The number of ether oxygens (including phenoxy) is 2. The summed E-state index contributed by atoms with van der Waals surface area (Å²) in [6.45, 7) is 2.03. The molecule has 0 aliphatic carbocycles. The van der Waals surface area contributed by atoms with Crippen LogP contribution in [0.25, 0.3) is 11.3 Å². The quantitative estimate of drug-likeness (QED) is 0.739. The van der Waals surface area contributed by atoms with E-state index >= 15 is 0 Å². The second-order valence-electron chi connectivity index (χ2n) is 5.92. The Morgan fingerprint density at radius 3 is 2.88 bits per heavy atom. The maximum atomic E-state index is 9.69. The number of benzene rings is 1. The molecule has 0 radical (unpaired) electrons. The molecule has 3 N–H and O–H groups in total. The zero-order valence-corrected chi connectivity index (χ0v) is 15.1. The highest BCUT2D eigenvalue weighted by Gasteiger charge is 2.36. The van der Waals surface area contributed by atoms with E-state index in [9.17, 15) is 5.26 Å². The summed E-state index contributed by atoms with van der Waals surface area (Å²) in [6.07, 6.45) is 0. The van der Waals surface area contributed by atoms with Crippen molar-refractivity contribution in [2.45, 2.75) is 12.8 Å². The number of aromatic amines is 1. The van der Waals surface area contributed by atoms with E-state index in [0.717, 1.165) is 32.3 Å². The van der Waals surface area contributed by atoms with Gasteiger partial charge in [0, 0.05) is 15.3 Å². The van der Waals surface area contributed by atoms with Crippen LogP contribution >= 0.6 is 11.3 Å². The number of rotatable bonds is 3. The molecule has 0 saturated heterocycles. The molecule has 3 aromatic rings. The summed E-state index contributed by atoms with van der Waals surface area (Å²) in [5.74, 6) is 0.916. The van der Waals surface area contributed by atoms with Gasteiger partial charge in [0.25, 0.3) is 0 Å². The van der Waals surface area contributed by atoms with Crippen LogP contribution in [0.3, 0.4) is 0 Å². The van der Waals surface area contributed by atoms with E-state index in [0.29, 0.717) is 11.5 Å². The Kier molecular flexibility index (Phi) is 3.90. The van der Waals surface area contributed by atoms with Gasteiger partial charge >= 0.3 is 0 Å². The Morgan fingerprint density at radius 1 is 1.35 bits per heavy atom. The van der Waals surface area contributed by atoms with Gasteiger partial charge in [0.15, 0.2) is 0 Å². The predicted molar refractivity (Wildman–Crippen MR) is 98.9 cm³/mol. The molecule has 3 heterocycles. The van der Waals surface area contributed by atoms with Crippen LogP contribution in [0.1, 0.15) is 21.2 Å². The van der Waals surface area contributed by atoms with Crippen LogP contribution in [0.15, 0.2) is 47.9 Å². The molecule has 6 nitrogen and oxygen atoms in total. The molecule has 1 aliphatic rings. The molecule has 1 atom stereocenters. The number of allylic oxidation sites excluding steroid dienone is 1. The Morgan fingerprint density at radius 2 is 2.19 bits per heavy atom. The lowest BCUT2D eigenvalue weighted by Crippen LogP contribution is -2.20. The van der Waals surface area contributed by atoms with Gasteiger partial charge in [0.1, 0.15) is 17.4 Å². The number of H-pyrrole nitrogens is 1. The number of hydrogen-bond acceptors (Lipinski definition) is 6. The van der Waals surface area contributed by atoms with E-state index < -0.39 is 0 Å². The number of methoxy groups -OCH3 is 1. The van der Waals surface area contributed by atoms with Gasteiger partial charge in [-0.3, -0.25) is 5.10 Å². The van der Waals surface area contributed by atoms with Gasteiger partial charge in [-0.25, -0.2) is 0 Å². The van der Waals surface area contributed by atoms with Crippen LogP contribution < -0.4 is 15.2 Å². The van der Waals surface area contributed by atoms with E-state index in [1.54, 1.807) is 18.4 Å². The van der Waals surface area contributed by atoms with Gasteiger partial charge < -0.3 is 15.2 Å². The molecule has 26 heavy (non-hydrogen) atoms. The molecule has 2 aromatic heterocycles. The van der Waals surface area contributed by atoms with Crippen LogP contribution in [-0.2, 0) is 0 Å². The van der Waals surface area contributed by atoms with Crippen molar-refractivity contribution < 1.29 is 9.47 Å². The Bertz CT molecular complexity index is 1060. The average Bonchev–Trinajstić information content (AvgIpc) is 3.26. The number of hydrogen-bond donors (Lipinski definition) is 2. The Labute approximate surface area is 154 Å². The van der Waals surface area contributed by atoms with E-state index in [1.165, 1.54) is 0 Å². The summed E-state index contributed by atoms with van der Waals surface area (Å²) in [4.78, 5) is 2.19. The maximum Gasteiger partial charge on any atom is 0.244 e. The van der Waals surface area contributed by atoms with Gasteiger partial charge in [-0.15, -0.1) is 16.4 Å². The highest BCUT2D eigenvalue weighted by molar-refractivity contribution is 7.12. The third-order valence-corrected chi connectivity index (χ3v) is 5.41. The van der Waals surface area contributed by atoms with Gasteiger partial charge in [-0.1, -0.05) is 12.1 Å². The molecule has 0 bridgehead atoms. The first kappa shape index (κ1) is 16.2. The van der Waals surface area contributed by atoms with Gasteiger partial charge in [-0.2, -0.15) is 5.26 Å². The monoisotopic (exact) mass is 364 g/mol. The van der Waals surface area contributed by atoms with Crippen molar-refractivity contribution in [3.8, 4) is 29.0 Å². The molecular weight excluding hydrogens is 348 g/mol. The Hall–Kier alpha value is -3.24. The highest BCUT2D eigenvalue weighted by Crippen LogP contribution is 2.47. The SMILES string of the molecule is COc1cccc(-c2[nH]nc3c2[C@H](c2ccc(C)s2)C(C#N)=C(N)O3)c1. The molecule has 1 aliphatic heterocycles. The summed E-state index contributed by atoms with van der Waals surface area (Å²) in [7, 11) is 1.62. The minimum absolute atomic E-state index is 0.0970. The van der Waals surface area contributed by atoms with E-state index in [1.807, 2.05) is 43.3 Å². The molecule has 7 heteroatoms. The van der Waals surface area contributed by atoms with Crippen molar-refractivity contribution in [2.24, 2.45) is 5.73 Å². The van der Waals surface area contributed by atoms with Crippen LogP contribution in [-0.4, -0.2) is 17.3 Å². The standard InChI is InChI=1S/C19H16N4O2S/c1-10-6-7-14(26-10)15-13(9-20)18(21)25-19-16(15)17(22-23-19)11-4-3-5-12(8-11)24-2/h3-8,15H,21H2,1-2H3,(H,22,23)/t15-/m0/s1. The van der Waals surface area contributed by atoms with Crippen molar-refractivity contribution >= 4 is 11.3 Å². The fourth-order valence-corrected chi connectivity index (χ4v) is 4.13. The topological polar surface area (TPSA) is 97.0 Å². The minimum Gasteiger partial charge on any atom is -0.497 e. The second kappa shape index (κ2) is 6.24. The second-order valence-corrected chi connectivity index (χ2v) is 7.24. The first-order valence-corrected chi connectivity index (χ1v) is 8.80. The predicted octanol–water partition coefficient (Wildman–Crippen LogP) is 3.67. The average molecular weight is 364 g/mol. The Balaban J connectivity index is 1.93. The number of nitrogens with one attached hydrogen (secondary N) is 1. The number of nitriles is 1. The summed E-state index contributed by atoms with van der Waals surface area (Å²) < 4.78 is 10.9. The molecule has 0 unspecified atom stereocenters. The smallest absolute Gasteiger partial charge is 0.244 e. The largest absolute Gasteiger partial charge is 0.497 e. The third-order valence-electron chi connectivity index (χ3n) is 4.34. The molecule has 1 aromatic carbocycles. The first-order valence-electron chi connectivity index (χ1n) is 7.99. The van der Waals surface area contributed by atoms with Gasteiger partial charge in [0.2, 0.25) is 11.8 Å². The number of thiophene rings is 1. The minimum atomic E-state index is -0.317. The number of aromatic nitrogens is 2. The van der Waals surface area contributed by atoms with E-state index in [-0.39, 0.29) is 11.8 Å². The first-order chi connectivity index (χ1) is 12.6. The highest BCUT2D eigenvalue weighted by atomic mass is 32.1. The third kappa shape index (κ3) is 2.52. The van der Waals surface area contributed by atoms with Gasteiger partial charge in [-0.05, 0) is 31.2 Å². The summed E-state index contributed by atoms with van der Waals surface area (Å²) >= 11 is 1.63.